The normalized spacial score (nSPS) is 14.1. The SMILES string of the molecule is CC1(C)c2cc(N(c3ccc4c(c3)-c3ccccc3C4(c3ccccc3)c3ccccc3)c3ccccc3-c3ccc4ccc5cccc6ccc3c4c56)ccc2-c2c1ccc1ccccc21. The number of para-hydroxylation sites is 1. The summed E-state index contributed by atoms with van der Waals surface area (Å²) in [6.45, 7) is 4.80. The summed E-state index contributed by atoms with van der Waals surface area (Å²) in [4.78, 5) is 2.54. The van der Waals surface area contributed by atoms with Crippen molar-refractivity contribution in [2.24, 2.45) is 0 Å². The molecule has 0 bridgehead atoms. The Labute approximate surface area is 391 Å². The van der Waals surface area contributed by atoms with Gasteiger partial charge in [-0.3, -0.25) is 0 Å². The molecule has 12 aromatic rings. The summed E-state index contributed by atoms with van der Waals surface area (Å²) in [6, 6.07) is 89.0. The molecule has 0 N–H and O–H groups in total. The summed E-state index contributed by atoms with van der Waals surface area (Å²) < 4.78 is 0. The predicted octanol–water partition coefficient (Wildman–Crippen LogP) is 17.5. The number of rotatable bonds is 6. The Balaban J connectivity index is 1.04. The fourth-order valence-corrected chi connectivity index (χ4v) is 12.5. The molecule has 0 fully saturated rings. The molecule has 0 heterocycles. The van der Waals surface area contributed by atoms with Crippen LogP contribution in [0.25, 0.3) is 76.5 Å². The molecule has 0 spiro atoms. The number of fused-ring (bicyclic) bond motifs is 8. The van der Waals surface area contributed by atoms with Crippen LogP contribution < -0.4 is 4.90 Å². The number of anilines is 3. The molecule has 0 unspecified atom stereocenters. The molecular weight excluding hydrogens is 807 g/mol. The second-order valence-corrected chi connectivity index (χ2v) is 19.1. The molecule has 0 saturated heterocycles. The molecule has 2 aliphatic rings. The van der Waals surface area contributed by atoms with Gasteiger partial charge in [0.25, 0.3) is 0 Å². The Morgan fingerprint density at radius 3 is 1.66 bits per heavy atom. The van der Waals surface area contributed by atoms with Crippen LogP contribution >= 0.6 is 0 Å². The Morgan fingerprint density at radius 2 is 0.866 bits per heavy atom. The summed E-state index contributed by atoms with van der Waals surface area (Å²) in [5.41, 5.74) is 18.2. The molecule has 2 aliphatic carbocycles. The average Bonchev–Trinajstić information content (AvgIpc) is 3.81. The maximum atomic E-state index is 2.54. The van der Waals surface area contributed by atoms with Crippen molar-refractivity contribution < 1.29 is 0 Å². The van der Waals surface area contributed by atoms with E-state index in [1.54, 1.807) is 0 Å². The second kappa shape index (κ2) is 14.1. The molecule has 14 rings (SSSR count). The van der Waals surface area contributed by atoms with Crippen molar-refractivity contribution >= 4 is 60.2 Å². The number of hydrogen-bond acceptors (Lipinski definition) is 1. The van der Waals surface area contributed by atoms with E-state index >= 15 is 0 Å². The van der Waals surface area contributed by atoms with Crippen LogP contribution in [0, 0.1) is 0 Å². The minimum Gasteiger partial charge on any atom is -0.310 e. The van der Waals surface area contributed by atoms with Gasteiger partial charge in [0.05, 0.1) is 11.1 Å². The third kappa shape index (κ3) is 5.26. The van der Waals surface area contributed by atoms with Gasteiger partial charge in [-0.2, -0.15) is 0 Å². The van der Waals surface area contributed by atoms with Crippen molar-refractivity contribution in [2.45, 2.75) is 24.7 Å². The molecule has 1 heteroatoms. The zero-order valence-corrected chi connectivity index (χ0v) is 37.5. The lowest BCUT2D eigenvalue weighted by Crippen LogP contribution is -2.28. The molecule has 1 nitrogen and oxygen atoms in total. The van der Waals surface area contributed by atoms with Crippen LogP contribution in [0.1, 0.15) is 47.2 Å². The van der Waals surface area contributed by atoms with Crippen LogP contribution in [0.15, 0.2) is 237 Å². The average molecular weight is 852 g/mol. The first-order chi connectivity index (χ1) is 33.0. The van der Waals surface area contributed by atoms with Crippen molar-refractivity contribution in [3.05, 3.63) is 270 Å². The van der Waals surface area contributed by atoms with E-state index in [1.165, 1.54) is 110 Å². The smallest absolute Gasteiger partial charge is 0.0713 e. The Bertz CT molecular complexity index is 3900. The lowest BCUT2D eigenvalue weighted by Gasteiger charge is -2.34. The monoisotopic (exact) mass is 851 g/mol. The topological polar surface area (TPSA) is 3.24 Å². The molecule has 0 radical (unpaired) electrons. The molecule has 0 aromatic heterocycles. The van der Waals surface area contributed by atoms with Gasteiger partial charge < -0.3 is 4.90 Å². The summed E-state index contributed by atoms with van der Waals surface area (Å²) >= 11 is 0. The summed E-state index contributed by atoms with van der Waals surface area (Å²) in [5, 5.41) is 10.3. The maximum absolute atomic E-state index is 2.54. The molecule has 0 amide bonds. The van der Waals surface area contributed by atoms with Gasteiger partial charge in [-0.15, -0.1) is 0 Å². The quantitative estimate of drug-likeness (QED) is 0.151. The second-order valence-electron chi connectivity index (χ2n) is 19.1. The van der Waals surface area contributed by atoms with Gasteiger partial charge in [-0.05, 0) is 135 Å². The van der Waals surface area contributed by atoms with E-state index in [-0.39, 0.29) is 5.41 Å². The first-order valence-corrected chi connectivity index (χ1v) is 23.6. The fraction of sp³-hybridized carbons (Fsp3) is 0.0606. The largest absolute Gasteiger partial charge is 0.310 e. The molecular formula is C66H45N. The zero-order chi connectivity index (χ0) is 44.4. The van der Waals surface area contributed by atoms with Crippen LogP contribution in [0.3, 0.4) is 0 Å². The third-order valence-electron chi connectivity index (χ3n) is 15.5. The highest BCUT2D eigenvalue weighted by Gasteiger charge is 2.46. The van der Waals surface area contributed by atoms with Crippen molar-refractivity contribution in [1.29, 1.82) is 0 Å². The Kier molecular flexibility index (Phi) is 8.02. The van der Waals surface area contributed by atoms with Crippen molar-refractivity contribution in [2.75, 3.05) is 4.90 Å². The highest BCUT2D eigenvalue weighted by molar-refractivity contribution is 6.26. The Hall–Kier alpha value is -8.26. The Morgan fingerprint density at radius 1 is 0.313 bits per heavy atom. The van der Waals surface area contributed by atoms with Gasteiger partial charge >= 0.3 is 0 Å². The standard InChI is InChI=1S/C66H45N/c1-65(2)59-38-32-42-16-9-10-23-50(42)64(59)55-37-33-49(41-60(55)65)67(61-27-14-12-25-53(61)51-35-30-45-29-28-43-17-15-18-44-31-36-54(51)63(45)62(43)44)48-34-39-58-56(40-48)52-24-11-13-26-57(52)66(58,46-19-5-3-6-20-46)47-21-7-4-8-22-47/h3-41H,1-2H3. The number of hydrogen-bond donors (Lipinski definition) is 0. The molecule has 0 atom stereocenters. The van der Waals surface area contributed by atoms with E-state index < -0.39 is 5.41 Å². The van der Waals surface area contributed by atoms with Crippen molar-refractivity contribution in [3.8, 4) is 33.4 Å². The minimum absolute atomic E-state index is 0.205. The predicted molar refractivity (Wildman–Crippen MR) is 283 cm³/mol. The maximum Gasteiger partial charge on any atom is 0.0713 e. The lowest BCUT2D eigenvalue weighted by molar-refractivity contribution is 0.661. The van der Waals surface area contributed by atoms with Gasteiger partial charge in [-0.25, -0.2) is 0 Å². The first-order valence-electron chi connectivity index (χ1n) is 23.6. The van der Waals surface area contributed by atoms with Gasteiger partial charge in [-0.1, -0.05) is 220 Å². The fourth-order valence-electron chi connectivity index (χ4n) is 12.5. The van der Waals surface area contributed by atoms with Gasteiger partial charge in [0.15, 0.2) is 0 Å². The minimum atomic E-state index is -0.483. The third-order valence-corrected chi connectivity index (χ3v) is 15.5. The van der Waals surface area contributed by atoms with E-state index in [2.05, 4.69) is 255 Å². The molecule has 314 valence electrons. The van der Waals surface area contributed by atoms with E-state index in [0.29, 0.717) is 0 Å². The molecule has 0 saturated carbocycles. The summed E-state index contributed by atoms with van der Waals surface area (Å²) in [6.07, 6.45) is 0. The number of benzene rings is 12. The lowest BCUT2D eigenvalue weighted by atomic mass is 9.68. The highest BCUT2D eigenvalue weighted by atomic mass is 15.1. The molecule has 0 aliphatic heterocycles. The molecule has 67 heavy (non-hydrogen) atoms. The van der Waals surface area contributed by atoms with Crippen molar-refractivity contribution in [1.82, 2.24) is 0 Å². The van der Waals surface area contributed by atoms with Gasteiger partial charge in [0, 0.05) is 22.4 Å². The van der Waals surface area contributed by atoms with Crippen LogP contribution in [-0.4, -0.2) is 0 Å². The van der Waals surface area contributed by atoms with Crippen LogP contribution in [0.4, 0.5) is 17.1 Å². The van der Waals surface area contributed by atoms with Crippen molar-refractivity contribution in [3.63, 3.8) is 0 Å². The van der Waals surface area contributed by atoms with Crippen LogP contribution in [-0.2, 0) is 10.8 Å². The van der Waals surface area contributed by atoms with Crippen LogP contribution in [0.5, 0.6) is 0 Å². The highest BCUT2D eigenvalue weighted by Crippen LogP contribution is 2.58. The first kappa shape index (κ1) is 38.1. The van der Waals surface area contributed by atoms with Gasteiger partial charge in [0.2, 0.25) is 0 Å². The summed E-state index contributed by atoms with van der Waals surface area (Å²) in [5.74, 6) is 0. The van der Waals surface area contributed by atoms with E-state index in [9.17, 15) is 0 Å². The molecule has 12 aromatic carbocycles. The van der Waals surface area contributed by atoms with E-state index in [4.69, 9.17) is 0 Å². The van der Waals surface area contributed by atoms with E-state index in [1.807, 2.05) is 0 Å². The summed E-state index contributed by atoms with van der Waals surface area (Å²) in [7, 11) is 0. The zero-order valence-electron chi connectivity index (χ0n) is 37.5. The van der Waals surface area contributed by atoms with Gasteiger partial charge in [0.1, 0.15) is 0 Å². The van der Waals surface area contributed by atoms with E-state index in [0.717, 1.165) is 17.1 Å². The van der Waals surface area contributed by atoms with Crippen LogP contribution in [0.2, 0.25) is 0 Å². The number of nitrogens with zero attached hydrogens (tertiary/aromatic N) is 1.